The molecule has 0 atom stereocenters. The van der Waals surface area contributed by atoms with E-state index in [0.29, 0.717) is 23.9 Å². The van der Waals surface area contributed by atoms with Crippen molar-refractivity contribution in [1.82, 2.24) is 15.3 Å². The molecule has 28 heavy (non-hydrogen) atoms. The van der Waals surface area contributed by atoms with Gasteiger partial charge in [-0.25, -0.2) is 9.97 Å². The standard InChI is InChI=1S/C22H27N3O2S/c1-14-19(12-20(26)23-11-10-18-13-28-15(2)24-18)25-21(27-14)16-6-8-17(9-7-16)22(3,4)5/h6-9,13H,10-12H2,1-5H3,(H,23,26). The number of carbonyl (C=O) groups excluding carboxylic acids is 1. The Labute approximate surface area is 170 Å². The molecule has 2 aromatic heterocycles. The minimum atomic E-state index is -0.0574. The second-order valence-electron chi connectivity index (χ2n) is 7.98. The number of aromatic nitrogens is 2. The van der Waals surface area contributed by atoms with Crippen molar-refractivity contribution >= 4 is 17.2 Å². The van der Waals surface area contributed by atoms with E-state index in [1.54, 1.807) is 11.3 Å². The third kappa shape index (κ3) is 5.07. The maximum absolute atomic E-state index is 12.3. The van der Waals surface area contributed by atoms with Gasteiger partial charge in [0.15, 0.2) is 0 Å². The van der Waals surface area contributed by atoms with Gasteiger partial charge >= 0.3 is 0 Å². The van der Waals surface area contributed by atoms with E-state index in [2.05, 4.69) is 48.2 Å². The van der Waals surface area contributed by atoms with Gasteiger partial charge in [0.2, 0.25) is 11.8 Å². The van der Waals surface area contributed by atoms with Crippen LogP contribution in [-0.4, -0.2) is 22.4 Å². The minimum Gasteiger partial charge on any atom is -0.441 e. The van der Waals surface area contributed by atoms with E-state index in [1.807, 2.05) is 31.4 Å². The van der Waals surface area contributed by atoms with Gasteiger partial charge in [-0.15, -0.1) is 11.3 Å². The Morgan fingerprint density at radius 1 is 1.14 bits per heavy atom. The van der Waals surface area contributed by atoms with Crippen molar-refractivity contribution in [2.45, 2.75) is 52.9 Å². The topological polar surface area (TPSA) is 68.0 Å². The van der Waals surface area contributed by atoms with Crippen molar-refractivity contribution in [3.63, 3.8) is 0 Å². The molecule has 0 saturated carbocycles. The number of rotatable bonds is 6. The summed E-state index contributed by atoms with van der Waals surface area (Å²) in [6.45, 7) is 11.0. The molecular weight excluding hydrogens is 370 g/mol. The molecule has 1 amide bonds. The van der Waals surface area contributed by atoms with Gasteiger partial charge in [0.05, 0.1) is 22.8 Å². The van der Waals surface area contributed by atoms with Crippen LogP contribution in [0.3, 0.4) is 0 Å². The predicted molar refractivity (Wildman–Crippen MR) is 113 cm³/mol. The lowest BCUT2D eigenvalue weighted by Crippen LogP contribution is -2.27. The average Bonchev–Trinajstić information content (AvgIpc) is 3.20. The number of carbonyl (C=O) groups is 1. The van der Waals surface area contributed by atoms with E-state index < -0.39 is 0 Å². The van der Waals surface area contributed by atoms with E-state index in [4.69, 9.17) is 4.42 Å². The Morgan fingerprint density at radius 3 is 2.46 bits per heavy atom. The van der Waals surface area contributed by atoms with Crippen LogP contribution >= 0.6 is 11.3 Å². The largest absolute Gasteiger partial charge is 0.441 e. The van der Waals surface area contributed by atoms with Crippen molar-refractivity contribution in [3.05, 3.63) is 57.4 Å². The van der Waals surface area contributed by atoms with Crippen LogP contribution in [0.25, 0.3) is 11.5 Å². The minimum absolute atomic E-state index is 0.0574. The first-order valence-corrected chi connectivity index (χ1v) is 10.4. The lowest BCUT2D eigenvalue weighted by Gasteiger charge is -2.18. The second kappa shape index (κ2) is 8.27. The SMILES string of the molecule is Cc1nc(CCNC(=O)Cc2nc(-c3ccc(C(C)(C)C)cc3)oc2C)cs1. The van der Waals surface area contributed by atoms with Gasteiger partial charge in [-0.2, -0.15) is 0 Å². The monoisotopic (exact) mass is 397 g/mol. The van der Waals surface area contributed by atoms with Gasteiger partial charge in [0, 0.05) is 23.9 Å². The Bertz CT molecular complexity index is 949. The van der Waals surface area contributed by atoms with Gasteiger partial charge in [-0.1, -0.05) is 32.9 Å². The average molecular weight is 398 g/mol. The van der Waals surface area contributed by atoms with Crippen LogP contribution in [0.2, 0.25) is 0 Å². The maximum Gasteiger partial charge on any atom is 0.226 e. The van der Waals surface area contributed by atoms with E-state index in [9.17, 15) is 4.79 Å². The number of hydrogen-bond acceptors (Lipinski definition) is 5. The summed E-state index contributed by atoms with van der Waals surface area (Å²) in [5.41, 5.74) is 3.97. The second-order valence-corrected chi connectivity index (χ2v) is 9.05. The molecule has 2 heterocycles. The maximum atomic E-state index is 12.3. The number of aryl methyl sites for hydroxylation is 2. The van der Waals surface area contributed by atoms with Crippen molar-refractivity contribution in [1.29, 1.82) is 0 Å². The predicted octanol–water partition coefficient (Wildman–Crippen LogP) is 4.61. The number of thiazole rings is 1. The summed E-state index contributed by atoms with van der Waals surface area (Å²) in [5.74, 6) is 1.18. The van der Waals surface area contributed by atoms with Crippen molar-refractivity contribution in [2.24, 2.45) is 0 Å². The van der Waals surface area contributed by atoms with E-state index >= 15 is 0 Å². The fourth-order valence-corrected chi connectivity index (χ4v) is 3.54. The zero-order chi connectivity index (χ0) is 20.3. The van der Waals surface area contributed by atoms with Gasteiger partial charge in [0.25, 0.3) is 0 Å². The van der Waals surface area contributed by atoms with E-state index in [1.165, 1.54) is 5.56 Å². The van der Waals surface area contributed by atoms with Crippen LogP contribution in [-0.2, 0) is 23.1 Å². The molecule has 0 aliphatic heterocycles. The molecule has 0 saturated heterocycles. The van der Waals surface area contributed by atoms with Crippen LogP contribution in [0.5, 0.6) is 0 Å². The van der Waals surface area contributed by atoms with Crippen LogP contribution in [0.1, 0.15) is 48.5 Å². The molecule has 0 radical (unpaired) electrons. The number of nitrogens with one attached hydrogen (secondary N) is 1. The Hall–Kier alpha value is -2.47. The van der Waals surface area contributed by atoms with Crippen LogP contribution < -0.4 is 5.32 Å². The third-order valence-corrected chi connectivity index (χ3v) is 5.41. The van der Waals surface area contributed by atoms with Gasteiger partial charge in [0.1, 0.15) is 5.76 Å². The molecule has 0 bridgehead atoms. The first-order valence-electron chi connectivity index (χ1n) is 9.47. The summed E-state index contributed by atoms with van der Waals surface area (Å²) in [7, 11) is 0. The van der Waals surface area contributed by atoms with E-state index in [0.717, 1.165) is 22.7 Å². The quantitative estimate of drug-likeness (QED) is 0.659. The normalized spacial score (nSPS) is 11.6. The lowest BCUT2D eigenvalue weighted by molar-refractivity contribution is -0.120. The number of oxazole rings is 1. The first kappa shape index (κ1) is 20.3. The smallest absolute Gasteiger partial charge is 0.226 e. The van der Waals surface area contributed by atoms with Gasteiger partial charge < -0.3 is 9.73 Å². The highest BCUT2D eigenvalue weighted by atomic mass is 32.1. The third-order valence-electron chi connectivity index (χ3n) is 4.59. The van der Waals surface area contributed by atoms with Crippen molar-refractivity contribution in [3.8, 4) is 11.5 Å². The number of nitrogens with zero attached hydrogens (tertiary/aromatic N) is 2. The molecule has 0 unspecified atom stereocenters. The molecule has 1 N–H and O–H groups in total. The summed E-state index contributed by atoms with van der Waals surface area (Å²) in [6.07, 6.45) is 0.949. The van der Waals surface area contributed by atoms with Crippen LogP contribution in [0.15, 0.2) is 34.1 Å². The highest BCUT2D eigenvalue weighted by Crippen LogP contribution is 2.27. The molecular formula is C22H27N3O2S. The summed E-state index contributed by atoms with van der Waals surface area (Å²) < 4.78 is 5.80. The van der Waals surface area contributed by atoms with Crippen LogP contribution in [0, 0.1) is 13.8 Å². The molecule has 0 aliphatic carbocycles. The molecule has 0 spiro atoms. The fraction of sp³-hybridized carbons (Fsp3) is 0.409. The molecule has 6 heteroatoms. The molecule has 3 aromatic rings. The zero-order valence-electron chi connectivity index (χ0n) is 17.1. The highest BCUT2D eigenvalue weighted by Gasteiger charge is 2.17. The highest BCUT2D eigenvalue weighted by molar-refractivity contribution is 7.09. The molecule has 1 aromatic carbocycles. The van der Waals surface area contributed by atoms with Crippen molar-refractivity contribution < 1.29 is 9.21 Å². The van der Waals surface area contributed by atoms with Crippen LogP contribution in [0.4, 0.5) is 0 Å². The molecule has 3 rings (SSSR count). The summed E-state index contributed by atoms with van der Waals surface area (Å²) in [4.78, 5) is 21.2. The molecule has 148 valence electrons. The summed E-state index contributed by atoms with van der Waals surface area (Å²) in [6, 6.07) is 8.24. The summed E-state index contributed by atoms with van der Waals surface area (Å²) in [5, 5.41) is 6.01. The number of amides is 1. The molecule has 5 nitrogen and oxygen atoms in total. The van der Waals surface area contributed by atoms with E-state index in [-0.39, 0.29) is 17.7 Å². The Morgan fingerprint density at radius 2 is 1.86 bits per heavy atom. The first-order chi connectivity index (χ1) is 13.2. The lowest BCUT2D eigenvalue weighted by atomic mass is 9.87. The van der Waals surface area contributed by atoms with Gasteiger partial charge in [-0.05, 0) is 37.0 Å². The Balaban J connectivity index is 1.59. The van der Waals surface area contributed by atoms with Gasteiger partial charge in [-0.3, -0.25) is 4.79 Å². The fourth-order valence-electron chi connectivity index (χ4n) is 2.90. The summed E-state index contributed by atoms with van der Waals surface area (Å²) >= 11 is 1.62. The Kier molecular flexibility index (Phi) is 5.98. The van der Waals surface area contributed by atoms with Crippen molar-refractivity contribution in [2.75, 3.05) is 6.54 Å². The molecule has 0 aliphatic rings. The molecule has 0 fully saturated rings. The zero-order valence-corrected chi connectivity index (χ0v) is 17.9. The number of benzene rings is 1. The number of hydrogen-bond donors (Lipinski definition) is 1.